The lowest BCUT2D eigenvalue weighted by Crippen LogP contribution is -2.39. The van der Waals surface area contributed by atoms with Gasteiger partial charge in [0.05, 0.1) is 11.0 Å². The highest BCUT2D eigenvalue weighted by molar-refractivity contribution is 7.81. The molecule has 1 aromatic carbocycles. The van der Waals surface area contributed by atoms with E-state index >= 15 is 0 Å². The Hall–Kier alpha value is -1.91. The number of benzene rings is 1. The number of halogens is 4. The van der Waals surface area contributed by atoms with Crippen molar-refractivity contribution in [1.29, 1.82) is 0 Å². The first kappa shape index (κ1) is 23.7. The molecule has 0 saturated carbocycles. The van der Waals surface area contributed by atoms with Gasteiger partial charge in [-0.2, -0.15) is 18.3 Å². The van der Waals surface area contributed by atoms with Gasteiger partial charge in [-0.1, -0.05) is 29.8 Å². The van der Waals surface area contributed by atoms with Gasteiger partial charge in [0, 0.05) is 43.5 Å². The SMILES string of the molecule is CS(=O)N1CCCC(CCN(Cc2ccccc2Cl)C(=O)c2cc(C(F)(F)F)[nH]n2)C1. The Morgan fingerprint density at radius 1 is 1.39 bits per heavy atom. The molecule has 2 heterocycles. The fraction of sp³-hybridized carbons (Fsp3) is 0.500. The Bertz CT molecular complexity index is 937. The van der Waals surface area contributed by atoms with E-state index in [4.69, 9.17) is 11.6 Å². The number of carbonyl (C=O) groups is 1. The number of hydrogen-bond donors (Lipinski definition) is 1. The molecule has 1 saturated heterocycles. The van der Waals surface area contributed by atoms with E-state index in [9.17, 15) is 22.2 Å². The number of nitrogens with zero attached hydrogens (tertiary/aromatic N) is 3. The monoisotopic (exact) mass is 476 g/mol. The largest absolute Gasteiger partial charge is 0.432 e. The van der Waals surface area contributed by atoms with Crippen LogP contribution in [-0.2, 0) is 23.7 Å². The number of alkyl halides is 3. The predicted molar refractivity (Wildman–Crippen MR) is 113 cm³/mol. The number of hydrogen-bond acceptors (Lipinski definition) is 3. The molecule has 0 spiro atoms. The van der Waals surface area contributed by atoms with Crippen molar-refractivity contribution < 1.29 is 22.2 Å². The average molecular weight is 477 g/mol. The minimum atomic E-state index is -4.61. The molecule has 1 N–H and O–H groups in total. The van der Waals surface area contributed by atoms with Gasteiger partial charge < -0.3 is 4.90 Å². The van der Waals surface area contributed by atoms with Crippen molar-refractivity contribution in [3.8, 4) is 0 Å². The van der Waals surface area contributed by atoms with Crippen LogP contribution in [0.5, 0.6) is 0 Å². The zero-order valence-electron chi connectivity index (χ0n) is 17.0. The van der Waals surface area contributed by atoms with Crippen molar-refractivity contribution in [2.24, 2.45) is 5.92 Å². The minimum absolute atomic E-state index is 0.156. The standard InChI is InChI=1S/C20H24ClF3N4O2S/c1-31(30)28-9-4-5-14(12-28)8-10-27(13-15-6-2-3-7-16(15)21)19(29)17-11-18(26-25-17)20(22,23)24/h2-3,6-7,11,14H,4-5,8-10,12-13H2,1H3,(H,25,26). The quantitative estimate of drug-likeness (QED) is 0.653. The lowest BCUT2D eigenvalue weighted by molar-refractivity contribution is -0.141. The summed E-state index contributed by atoms with van der Waals surface area (Å²) in [6.07, 6.45) is -0.466. The maximum absolute atomic E-state index is 13.0. The van der Waals surface area contributed by atoms with Gasteiger partial charge in [0.25, 0.3) is 5.91 Å². The van der Waals surface area contributed by atoms with Crippen LogP contribution in [0.3, 0.4) is 0 Å². The number of rotatable bonds is 7. The van der Waals surface area contributed by atoms with E-state index in [0.29, 0.717) is 30.1 Å². The summed E-state index contributed by atoms with van der Waals surface area (Å²) >= 11 is 6.24. The molecule has 2 unspecified atom stereocenters. The summed E-state index contributed by atoms with van der Waals surface area (Å²) in [4.78, 5) is 14.5. The summed E-state index contributed by atoms with van der Waals surface area (Å²) in [5.74, 6) is -0.359. The zero-order chi connectivity index (χ0) is 22.6. The van der Waals surface area contributed by atoms with Crippen LogP contribution in [0.2, 0.25) is 5.02 Å². The van der Waals surface area contributed by atoms with Crippen LogP contribution in [0.4, 0.5) is 13.2 Å². The van der Waals surface area contributed by atoms with Gasteiger partial charge in [-0.05, 0) is 36.8 Å². The zero-order valence-corrected chi connectivity index (χ0v) is 18.6. The Morgan fingerprint density at radius 3 is 2.77 bits per heavy atom. The number of aromatic amines is 1. The van der Waals surface area contributed by atoms with Crippen LogP contribution in [0, 0.1) is 5.92 Å². The fourth-order valence-electron chi connectivity index (χ4n) is 3.66. The van der Waals surface area contributed by atoms with Crippen LogP contribution in [0.1, 0.15) is 41.0 Å². The van der Waals surface area contributed by atoms with Gasteiger partial charge in [-0.15, -0.1) is 0 Å². The molecule has 2 atom stereocenters. The molecule has 2 aromatic rings. The van der Waals surface area contributed by atoms with E-state index in [-0.39, 0.29) is 18.2 Å². The summed E-state index contributed by atoms with van der Waals surface area (Å²) in [6, 6.07) is 7.76. The van der Waals surface area contributed by atoms with Gasteiger partial charge in [-0.3, -0.25) is 9.89 Å². The molecular formula is C20H24ClF3N4O2S. The van der Waals surface area contributed by atoms with Crippen molar-refractivity contribution in [3.05, 3.63) is 52.3 Å². The number of carbonyl (C=O) groups excluding carboxylic acids is 1. The predicted octanol–water partition coefficient (Wildman–Crippen LogP) is 4.12. The third-order valence-corrected chi connectivity index (χ3v) is 6.79. The second-order valence-corrected chi connectivity index (χ2v) is 9.36. The Labute approximate surface area is 186 Å². The molecule has 0 radical (unpaired) electrons. The number of nitrogens with one attached hydrogen (secondary N) is 1. The summed E-state index contributed by atoms with van der Waals surface area (Å²) in [6.45, 7) is 1.92. The van der Waals surface area contributed by atoms with Gasteiger partial charge in [0.1, 0.15) is 5.69 Å². The average Bonchev–Trinajstić information content (AvgIpc) is 3.23. The minimum Gasteiger partial charge on any atom is -0.333 e. The summed E-state index contributed by atoms with van der Waals surface area (Å²) in [5, 5.41) is 5.95. The number of piperidine rings is 1. The van der Waals surface area contributed by atoms with E-state index in [0.717, 1.165) is 25.5 Å². The summed E-state index contributed by atoms with van der Waals surface area (Å²) in [7, 11) is -1.05. The van der Waals surface area contributed by atoms with Crippen molar-refractivity contribution in [3.63, 3.8) is 0 Å². The molecule has 1 aromatic heterocycles. The third-order valence-electron chi connectivity index (χ3n) is 5.36. The van der Waals surface area contributed by atoms with Crippen molar-refractivity contribution in [2.75, 3.05) is 25.9 Å². The highest BCUT2D eigenvalue weighted by atomic mass is 35.5. The Kier molecular flexibility index (Phi) is 7.77. The topological polar surface area (TPSA) is 69.3 Å². The lowest BCUT2D eigenvalue weighted by atomic mass is 9.96. The third kappa shape index (κ3) is 6.30. The molecule has 1 aliphatic rings. The number of amides is 1. The normalized spacial score (nSPS) is 18.7. The molecule has 170 valence electrons. The van der Waals surface area contributed by atoms with E-state index in [1.807, 2.05) is 9.40 Å². The second kappa shape index (κ2) is 10.1. The number of H-pyrrole nitrogens is 1. The first-order chi connectivity index (χ1) is 14.6. The highest BCUT2D eigenvalue weighted by Gasteiger charge is 2.34. The maximum atomic E-state index is 13.0. The van der Waals surface area contributed by atoms with Crippen molar-refractivity contribution in [1.82, 2.24) is 19.4 Å². The molecule has 6 nitrogen and oxygen atoms in total. The maximum Gasteiger partial charge on any atom is 0.432 e. The molecule has 1 aliphatic heterocycles. The van der Waals surface area contributed by atoms with Crippen LogP contribution in [0.25, 0.3) is 0 Å². The van der Waals surface area contributed by atoms with Gasteiger partial charge in [0.15, 0.2) is 5.69 Å². The van der Waals surface area contributed by atoms with E-state index in [1.165, 1.54) is 4.90 Å². The molecule has 31 heavy (non-hydrogen) atoms. The van der Waals surface area contributed by atoms with Crippen LogP contribution in [-0.4, -0.2) is 55.4 Å². The van der Waals surface area contributed by atoms with Gasteiger partial charge >= 0.3 is 6.18 Å². The lowest BCUT2D eigenvalue weighted by Gasteiger charge is -2.32. The first-order valence-corrected chi connectivity index (χ1v) is 11.8. The second-order valence-electron chi connectivity index (χ2n) is 7.59. The molecule has 0 aliphatic carbocycles. The van der Waals surface area contributed by atoms with Crippen molar-refractivity contribution in [2.45, 2.75) is 32.0 Å². The summed E-state index contributed by atoms with van der Waals surface area (Å²) < 4.78 is 52.4. The molecule has 11 heteroatoms. The fourth-order valence-corrected chi connectivity index (χ4v) is 4.66. The van der Waals surface area contributed by atoms with E-state index in [1.54, 1.807) is 30.5 Å². The summed E-state index contributed by atoms with van der Waals surface area (Å²) in [5.41, 5.74) is -0.662. The first-order valence-electron chi connectivity index (χ1n) is 9.89. The smallest absolute Gasteiger partial charge is 0.333 e. The molecular weight excluding hydrogens is 453 g/mol. The van der Waals surface area contributed by atoms with Crippen LogP contribution >= 0.6 is 11.6 Å². The molecule has 3 rings (SSSR count). The molecule has 1 fully saturated rings. The highest BCUT2D eigenvalue weighted by Crippen LogP contribution is 2.28. The van der Waals surface area contributed by atoms with Crippen LogP contribution in [0.15, 0.2) is 30.3 Å². The van der Waals surface area contributed by atoms with Crippen LogP contribution < -0.4 is 0 Å². The van der Waals surface area contributed by atoms with E-state index < -0.39 is 28.8 Å². The van der Waals surface area contributed by atoms with E-state index in [2.05, 4.69) is 5.10 Å². The number of aromatic nitrogens is 2. The Balaban J connectivity index is 1.76. The van der Waals surface area contributed by atoms with Gasteiger partial charge in [-0.25, -0.2) is 8.51 Å². The molecule has 1 amide bonds. The Morgan fingerprint density at radius 2 is 2.13 bits per heavy atom. The van der Waals surface area contributed by atoms with Crippen molar-refractivity contribution >= 4 is 28.5 Å². The molecule has 0 bridgehead atoms. The van der Waals surface area contributed by atoms with Gasteiger partial charge in [0.2, 0.25) is 0 Å².